The number of nitrogens with zero attached hydrogens (tertiary/aromatic N) is 3. The quantitative estimate of drug-likeness (QED) is 0.560. The van der Waals surface area contributed by atoms with Crippen LogP contribution in [-0.2, 0) is 0 Å². The Labute approximate surface area is 93.0 Å². The Morgan fingerprint density at radius 3 is 2.62 bits per heavy atom. The van der Waals surface area contributed by atoms with Crippen LogP contribution in [0.1, 0.15) is 30.1 Å². The highest BCUT2D eigenvalue weighted by atomic mass is 16.7. The number of hydrogen-bond donors (Lipinski definition) is 0. The number of amides is 1. The van der Waals surface area contributed by atoms with Crippen molar-refractivity contribution in [2.75, 3.05) is 6.54 Å². The van der Waals surface area contributed by atoms with Crippen molar-refractivity contribution in [3.05, 3.63) is 40.2 Å². The summed E-state index contributed by atoms with van der Waals surface area (Å²) in [6, 6.07) is 2.93. The summed E-state index contributed by atoms with van der Waals surface area (Å²) in [4.78, 5) is 26.2. The zero-order valence-electron chi connectivity index (χ0n) is 9.00. The highest BCUT2D eigenvalue weighted by molar-refractivity contribution is 5.93. The summed E-state index contributed by atoms with van der Waals surface area (Å²) in [5.74, 6) is -0.596. The summed E-state index contributed by atoms with van der Waals surface area (Å²) in [7, 11) is 0. The first-order valence-corrected chi connectivity index (χ1v) is 5.03. The lowest BCUT2D eigenvalue weighted by molar-refractivity contribution is -0.632. The third kappa shape index (κ3) is 3.01. The van der Waals surface area contributed by atoms with Crippen LogP contribution in [0.25, 0.3) is 0 Å². The Hall–Kier alpha value is -1.98. The number of pyridine rings is 1. The van der Waals surface area contributed by atoms with Gasteiger partial charge in [0.2, 0.25) is 0 Å². The normalized spacial score (nSPS) is 9.81. The van der Waals surface area contributed by atoms with Gasteiger partial charge in [0.1, 0.15) is 0 Å². The molecule has 0 atom stereocenters. The van der Waals surface area contributed by atoms with Crippen LogP contribution < -0.4 is 0 Å². The maximum Gasteiger partial charge on any atom is 0.313 e. The van der Waals surface area contributed by atoms with E-state index in [2.05, 4.69) is 4.98 Å². The van der Waals surface area contributed by atoms with Crippen LogP contribution in [-0.4, -0.2) is 27.5 Å². The lowest BCUT2D eigenvalue weighted by Crippen LogP contribution is -2.37. The van der Waals surface area contributed by atoms with Gasteiger partial charge in [-0.25, -0.2) is 10.1 Å². The molecule has 0 aliphatic carbocycles. The molecule has 0 aliphatic rings. The highest BCUT2D eigenvalue weighted by Crippen LogP contribution is 2.05. The first kappa shape index (κ1) is 12.1. The predicted octanol–water partition coefficient (Wildman–Crippen LogP) is 1.52. The van der Waals surface area contributed by atoms with Gasteiger partial charge in [0.05, 0.1) is 6.54 Å². The largest absolute Gasteiger partial charge is 0.313 e. The van der Waals surface area contributed by atoms with Crippen LogP contribution in [0.4, 0.5) is 0 Å². The molecule has 0 radical (unpaired) electrons. The number of nitro groups is 1. The molecule has 0 aromatic carbocycles. The van der Waals surface area contributed by atoms with E-state index < -0.39 is 10.9 Å². The van der Waals surface area contributed by atoms with E-state index in [4.69, 9.17) is 0 Å². The summed E-state index contributed by atoms with van der Waals surface area (Å²) in [5, 5.41) is 10.7. The Balaban J connectivity index is 2.79. The van der Waals surface area contributed by atoms with Crippen molar-refractivity contribution >= 4 is 5.91 Å². The fourth-order valence-electron chi connectivity index (χ4n) is 1.21. The van der Waals surface area contributed by atoms with E-state index in [0.29, 0.717) is 11.4 Å². The number of rotatable bonds is 5. The van der Waals surface area contributed by atoms with Crippen LogP contribution in [0.2, 0.25) is 0 Å². The standard InChI is InChI=1S/C10H13N3O3/c1-2-3-8-12(13(15)16)10(14)9-4-6-11-7-5-9/h4-7H,2-3,8H2,1H3. The maximum absolute atomic E-state index is 11.7. The molecule has 0 unspecified atom stereocenters. The van der Waals surface area contributed by atoms with Crippen LogP contribution in [0.5, 0.6) is 0 Å². The second-order valence-electron chi connectivity index (χ2n) is 3.26. The molecule has 0 saturated heterocycles. The molecule has 1 rings (SSSR count). The van der Waals surface area contributed by atoms with Crippen molar-refractivity contribution < 1.29 is 9.83 Å². The summed E-state index contributed by atoms with van der Waals surface area (Å²) < 4.78 is 0. The Kier molecular flexibility index (Phi) is 4.38. The van der Waals surface area contributed by atoms with Gasteiger partial charge in [-0.1, -0.05) is 18.4 Å². The van der Waals surface area contributed by atoms with E-state index in [0.717, 1.165) is 6.42 Å². The maximum atomic E-state index is 11.7. The minimum atomic E-state index is -0.668. The lowest BCUT2D eigenvalue weighted by Gasteiger charge is -2.11. The second kappa shape index (κ2) is 5.79. The molecule has 6 heteroatoms. The molecule has 6 nitrogen and oxygen atoms in total. The van der Waals surface area contributed by atoms with Crippen molar-refractivity contribution in [1.82, 2.24) is 9.99 Å². The van der Waals surface area contributed by atoms with Gasteiger partial charge in [0, 0.05) is 18.0 Å². The van der Waals surface area contributed by atoms with Crippen molar-refractivity contribution in [1.29, 1.82) is 0 Å². The van der Waals surface area contributed by atoms with Gasteiger partial charge in [-0.05, 0) is 18.6 Å². The minimum Gasteiger partial charge on any atom is -0.265 e. The molecule has 0 fully saturated rings. The van der Waals surface area contributed by atoms with E-state index in [1.54, 1.807) is 0 Å². The van der Waals surface area contributed by atoms with Gasteiger partial charge in [-0.3, -0.25) is 9.78 Å². The molecule has 1 heterocycles. The van der Waals surface area contributed by atoms with Gasteiger partial charge in [-0.15, -0.1) is 0 Å². The van der Waals surface area contributed by atoms with Crippen LogP contribution >= 0.6 is 0 Å². The number of hydrazine groups is 1. The van der Waals surface area contributed by atoms with E-state index in [9.17, 15) is 14.9 Å². The zero-order valence-corrected chi connectivity index (χ0v) is 9.00. The number of carbonyl (C=O) groups is 1. The summed E-state index contributed by atoms with van der Waals surface area (Å²) in [6.07, 6.45) is 4.28. The average molecular weight is 223 g/mol. The average Bonchev–Trinajstić information content (AvgIpc) is 2.30. The molecule has 0 bridgehead atoms. The smallest absolute Gasteiger partial charge is 0.265 e. The lowest BCUT2D eigenvalue weighted by atomic mass is 10.2. The highest BCUT2D eigenvalue weighted by Gasteiger charge is 2.24. The molecule has 1 aromatic heterocycles. The third-order valence-electron chi connectivity index (χ3n) is 2.08. The van der Waals surface area contributed by atoms with Crippen molar-refractivity contribution in [3.8, 4) is 0 Å². The van der Waals surface area contributed by atoms with Crippen LogP contribution in [0.3, 0.4) is 0 Å². The Morgan fingerprint density at radius 2 is 2.12 bits per heavy atom. The molecule has 0 N–H and O–H groups in total. The molecule has 16 heavy (non-hydrogen) atoms. The molecule has 0 saturated carbocycles. The molecular formula is C10H13N3O3. The number of hydrogen-bond acceptors (Lipinski definition) is 4. The predicted molar refractivity (Wildman–Crippen MR) is 57.2 cm³/mol. The molecule has 0 spiro atoms. The SMILES string of the molecule is CCCCN(C(=O)c1ccncc1)[N+](=O)[O-]. The minimum absolute atomic E-state index is 0.130. The Morgan fingerprint density at radius 1 is 1.50 bits per heavy atom. The van der Waals surface area contributed by atoms with Crippen molar-refractivity contribution in [2.24, 2.45) is 0 Å². The van der Waals surface area contributed by atoms with Gasteiger partial charge in [0.15, 0.2) is 5.03 Å². The summed E-state index contributed by atoms with van der Waals surface area (Å²) in [6.45, 7) is 2.04. The monoisotopic (exact) mass is 223 g/mol. The zero-order chi connectivity index (χ0) is 12.0. The number of unbranched alkanes of at least 4 members (excludes halogenated alkanes) is 1. The fourth-order valence-corrected chi connectivity index (χ4v) is 1.21. The molecular weight excluding hydrogens is 210 g/mol. The second-order valence-corrected chi connectivity index (χ2v) is 3.26. The summed E-state index contributed by atoms with van der Waals surface area (Å²) in [5.41, 5.74) is 0.280. The number of aromatic nitrogens is 1. The van der Waals surface area contributed by atoms with E-state index in [-0.39, 0.29) is 12.1 Å². The van der Waals surface area contributed by atoms with Crippen molar-refractivity contribution in [3.63, 3.8) is 0 Å². The fraction of sp³-hybridized carbons (Fsp3) is 0.400. The van der Waals surface area contributed by atoms with E-state index in [1.165, 1.54) is 24.5 Å². The molecule has 0 aliphatic heterocycles. The summed E-state index contributed by atoms with van der Waals surface area (Å²) >= 11 is 0. The van der Waals surface area contributed by atoms with Gasteiger partial charge >= 0.3 is 5.91 Å². The molecule has 86 valence electrons. The van der Waals surface area contributed by atoms with E-state index >= 15 is 0 Å². The first-order chi connectivity index (χ1) is 7.66. The first-order valence-electron chi connectivity index (χ1n) is 5.03. The van der Waals surface area contributed by atoms with Gasteiger partial charge in [-0.2, -0.15) is 0 Å². The molecule has 1 amide bonds. The van der Waals surface area contributed by atoms with Gasteiger partial charge in [0.25, 0.3) is 0 Å². The van der Waals surface area contributed by atoms with Gasteiger partial charge < -0.3 is 0 Å². The number of carbonyl (C=O) groups excluding carboxylic acids is 1. The Bertz CT molecular complexity index is 367. The third-order valence-corrected chi connectivity index (χ3v) is 2.08. The topological polar surface area (TPSA) is 76.3 Å². The van der Waals surface area contributed by atoms with Crippen LogP contribution in [0, 0.1) is 10.1 Å². The van der Waals surface area contributed by atoms with E-state index in [1.807, 2.05) is 6.92 Å². The molecule has 1 aromatic rings. The van der Waals surface area contributed by atoms with Crippen molar-refractivity contribution in [2.45, 2.75) is 19.8 Å². The van der Waals surface area contributed by atoms with Crippen LogP contribution in [0.15, 0.2) is 24.5 Å².